The summed E-state index contributed by atoms with van der Waals surface area (Å²) < 4.78 is 21.9. The van der Waals surface area contributed by atoms with Crippen molar-refractivity contribution in [3.05, 3.63) is 465 Å². The fourth-order valence-corrected chi connectivity index (χ4v) is 10.7. The van der Waals surface area contributed by atoms with Gasteiger partial charge in [-0.05, 0) is 160 Å². The summed E-state index contributed by atoms with van der Waals surface area (Å²) in [6.07, 6.45) is 19.9. The first kappa shape index (κ1) is 84.2. The maximum atomic E-state index is 12.2. The number of rotatable bonds is 24. The highest BCUT2D eigenvalue weighted by Crippen LogP contribution is 2.23. The van der Waals surface area contributed by atoms with Crippen LogP contribution in [-0.4, -0.2) is 66.2 Å². The van der Waals surface area contributed by atoms with E-state index in [0.717, 1.165) is 72.0 Å². The molecule has 0 saturated carbocycles. The van der Waals surface area contributed by atoms with Crippen molar-refractivity contribution < 1.29 is 57.9 Å². The number of carbonyl (C=O) groups is 6. The lowest BCUT2D eigenvalue weighted by Crippen LogP contribution is -1.95. The number of hydrogen-bond acceptors (Lipinski definition) is 12. The molecular formula is C100H83BrO12. The van der Waals surface area contributed by atoms with E-state index in [4.69, 9.17) is 18.9 Å². The molecule has 0 radical (unpaired) electrons. The third-order valence-corrected chi connectivity index (χ3v) is 16.9. The molecule has 0 aliphatic carbocycles. The molecule has 0 spiro atoms. The van der Waals surface area contributed by atoms with Crippen molar-refractivity contribution in [2.45, 2.75) is 6.61 Å². The minimum absolute atomic E-state index is 0.00146. The van der Waals surface area contributed by atoms with Crippen LogP contribution in [0.4, 0.5) is 0 Å². The van der Waals surface area contributed by atoms with Gasteiger partial charge in [-0.2, -0.15) is 0 Å². The van der Waals surface area contributed by atoms with Gasteiger partial charge in [-0.15, -0.1) is 0 Å². The van der Waals surface area contributed by atoms with E-state index < -0.39 is 0 Å². The van der Waals surface area contributed by atoms with E-state index in [1.807, 2.05) is 279 Å². The second-order valence-electron chi connectivity index (χ2n) is 24.3. The minimum Gasteiger partial charge on any atom is -0.507 e. The zero-order valence-corrected chi connectivity index (χ0v) is 64.1. The van der Waals surface area contributed by atoms with Crippen LogP contribution in [0.1, 0.15) is 101 Å². The van der Waals surface area contributed by atoms with Gasteiger partial charge in [0.25, 0.3) is 0 Å². The van der Waals surface area contributed by atoms with Gasteiger partial charge in [0.15, 0.2) is 34.7 Å². The van der Waals surface area contributed by atoms with E-state index in [1.54, 1.807) is 143 Å². The third kappa shape index (κ3) is 30.3. The highest BCUT2D eigenvalue weighted by atomic mass is 79.9. The minimum atomic E-state index is -0.242. The predicted molar refractivity (Wildman–Crippen MR) is 459 cm³/mol. The molecule has 113 heavy (non-hydrogen) atoms. The van der Waals surface area contributed by atoms with Crippen LogP contribution in [0, 0.1) is 0 Å². The molecule has 13 aromatic carbocycles. The summed E-state index contributed by atoms with van der Waals surface area (Å²) in [5, 5.41) is 19.2. The van der Waals surface area contributed by atoms with Gasteiger partial charge in [-0.25, -0.2) is 0 Å². The molecular weight excluding hydrogens is 1470 g/mol. The number of hydrogen-bond donors (Lipinski definition) is 2. The molecule has 562 valence electrons. The Morgan fingerprint density at radius 1 is 0.265 bits per heavy atom. The molecule has 13 rings (SSSR count). The molecule has 0 fully saturated rings. The van der Waals surface area contributed by atoms with Gasteiger partial charge in [-0.3, -0.25) is 28.8 Å². The molecule has 13 aromatic rings. The summed E-state index contributed by atoms with van der Waals surface area (Å²) in [7, 11) is 4.88. The fourth-order valence-electron chi connectivity index (χ4n) is 10.2. The monoisotopic (exact) mass is 1550 g/mol. The first-order valence-electron chi connectivity index (χ1n) is 35.7. The lowest BCUT2D eigenvalue weighted by atomic mass is 10.1. The zero-order valence-electron chi connectivity index (χ0n) is 62.5. The number of aromatic hydroxyl groups is 2. The Hall–Kier alpha value is -14.4. The lowest BCUT2D eigenvalue weighted by molar-refractivity contribution is 0.103. The van der Waals surface area contributed by atoms with Gasteiger partial charge in [0.2, 0.25) is 0 Å². The number of halogens is 1. The molecule has 0 aromatic heterocycles. The maximum absolute atomic E-state index is 12.2. The zero-order chi connectivity index (χ0) is 80.0. The summed E-state index contributed by atoms with van der Waals surface area (Å²) >= 11 is 3.37. The summed E-state index contributed by atoms with van der Waals surface area (Å²) in [6.45, 7) is 0.491. The van der Waals surface area contributed by atoms with Crippen molar-refractivity contribution in [3.8, 4) is 34.5 Å². The summed E-state index contributed by atoms with van der Waals surface area (Å²) in [6, 6.07) is 108. The number of methoxy groups -OCH3 is 3. The van der Waals surface area contributed by atoms with Crippen LogP contribution in [0.15, 0.2) is 393 Å². The van der Waals surface area contributed by atoms with Gasteiger partial charge in [0.1, 0.15) is 41.1 Å². The second kappa shape index (κ2) is 47.4. The van der Waals surface area contributed by atoms with Crippen molar-refractivity contribution >= 4 is 87.1 Å². The molecule has 0 aliphatic heterocycles. The van der Waals surface area contributed by atoms with Gasteiger partial charge < -0.3 is 29.2 Å². The largest absolute Gasteiger partial charge is 0.507 e. The Kier molecular flexibility index (Phi) is 35.3. The van der Waals surface area contributed by atoms with Crippen LogP contribution >= 0.6 is 15.9 Å². The third-order valence-electron chi connectivity index (χ3n) is 16.2. The van der Waals surface area contributed by atoms with Crippen LogP contribution in [-0.2, 0) is 6.61 Å². The van der Waals surface area contributed by atoms with Gasteiger partial charge >= 0.3 is 0 Å². The molecule has 0 atom stereocenters. The SMILES string of the molecule is COc1ccc(/C=C/C(=O)c2ccccc2)cc1.COc1ccc(/C=C/C(=O)c2ccccc2Br)cc1.COc1cccc(/C=C/C(=O)c2ccccc2)c1.O=C(/C=C/c1cccc(OCc2ccccc2)c1)c1ccccc1O.O=C(/C=C/c1ccccc1)c1ccccc1.O=C(/C=C/c1ccccc1)c1ccccc1O. The number of phenolic OH excluding ortho intramolecular Hbond substituents is 2. The number of carbonyl (C=O) groups excluding carboxylic acids is 6. The molecule has 0 saturated heterocycles. The maximum Gasteiger partial charge on any atom is 0.189 e. The van der Waals surface area contributed by atoms with E-state index in [0.29, 0.717) is 28.9 Å². The first-order chi connectivity index (χ1) is 55.1. The summed E-state index contributed by atoms with van der Waals surface area (Å²) in [4.78, 5) is 71.4. The van der Waals surface area contributed by atoms with Gasteiger partial charge in [-0.1, -0.05) is 319 Å². The van der Waals surface area contributed by atoms with Crippen LogP contribution in [0.3, 0.4) is 0 Å². The highest BCUT2D eigenvalue weighted by molar-refractivity contribution is 9.10. The molecule has 0 heterocycles. The van der Waals surface area contributed by atoms with E-state index >= 15 is 0 Å². The summed E-state index contributed by atoms with van der Waals surface area (Å²) in [5.41, 5.74) is 10.2. The highest BCUT2D eigenvalue weighted by Gasteiger charge is 2.10. The van der Waals surface area contributed by atoms with Crippen LogP contribution in [0.2, 0.25) is 0 Å². The van der Waals surface area contributed by atoms with Crippen molar-refractivity contribution in [2.24, 2.45) is 0 Å². The van der Waals surface area contributed by atoms with Gasteiger partial charge in [0, 0.05) is 26.7 Å². The lowest BCUT2D eigenvalue weighted by Gasteiger charge is -2.07. The first-order valence-corrected chi connectivity index (χ1v) is 36.5. The normalized spacial score (nSPS) is 10.6. The fraction of sp³-hybridized carbons (Fsp3) is 0.0400. The quantitative estimate of drug-likeness (QED) is 0.0432. The van der Waals surface area contributed by atoms with Crippen LogP contribution in [0.5, 0.6) is 34.5 Å². The molecule has 2 N–H and O–H groups in total. The van der Waals surface area contributed by atoms with E-state index in [-0.39, 0.29) is 51.8 Å². The number of para-hydroxylation sites is 2. The standard InChI is InChI=1S/C22H18O3.C16H13BrO2.2C16H14O2.C15H12O2.C15H12O/c23-21-12-5-4-11-20(21)22(24)14-13-17-9-6-10-19(15-17)25-16-18-7-2-1-3-8-18;1-19-13-9-6-12(7-10-13)8-11-16(18)14-4-2-3-5-15(14)17;1-18-15-9-5-6-13(12-15)10-11-16(17)14-7-3-2-4-8-14;1-18-15-10-7-13(8-11-15)9-12-16(17)14-5-3-2-4-6-14;16-14-9-5-4-8-13(14)15(17)11-10-12-6-2-1-3-7-12;16-15(14-9-5-2-6-10-14)12-11-13-7-3-1-4-8-13/h1-15,23H,16H2;2-11H,1H3;2*2-12H,1H3;1-11,16H;1-12H/b14-13+;11-8+;11-10+;12-9+;11-10+;12-11+. The molecule has 0 aliphatic rings. The Morgan fingerprint density at radius 3 is 0.903 bits per heavy atom. The van der Waals surface area contributed by atoms with Crippen molar-refractivity contribution in [1.29, 1.82) is 0 Å². The Morgan fingerprint density at radius 2 is 0.540 bits per heavy atom. The van der Waals surface area contributed by atoms with E-state index in [1.165, 1.54) is 24.3 Å². The van der Waals surface area contributed by atoms with E-state index in [9.17, 15) is 39.0 Å². The Bertz CT molecular complexity index is 5330. The molecule has 13 heteroatoms. The number of benzene rings is 13. The number of ketones is 6. The summed E-state index contributed by atoms with van der Waals surface area (Å²) in [5.74, 6) is 2.69. The van der Waals surface area contributed by atoms with Crippen LogP contribution < -0.4 is 18.9 Å². The van der Waals surface area contributed by atoms with Crippen LogP contribution in [0.25, 0.3) is 36.5 Å². The number of phenols is 2. The predicted octanol–water partition coefficient (Wildman–Crippen LogP) is 23.3. The van der Waals surface area contributed by atoms with Crippen molar-refractivity contribution in [1.82, 2.24) is 0 Å². The smallest absolute Gasteiger partial charge is 0.189 e. The molecule has 0 amide bonds. The molecule has 0 unspecified atom stereocenters. The Balaban J connectivity index is 0.000000171. The number of allylic oxidation sites excluding steroid dienone is 6. The van der Waals surface area contributed by atoms with Crippen molar-refractivity contribution in [2.75, 3.05) is 21.3 Å². The number of ether oxygens (including phenoxy) is 4. The van der Waals surface area contributed by atoms with Crippen molar-refractivity contribution in [3.63, 3.8) is 0 Å². The van der Waals surface area contributed by atoms with Gasteiger partial charge in [0.05, 0.1) is 32.5 Å². The second-order valence-corrected chi connectivity index (χ2v) is 25.1. The molecule has 12 nitrogen and oxygen atoms in total. The topological polar surface area (TPSA) is 180 Å². The molecule has 0 bridgehead atoms. The Labute approximate surface area is 668 Å². The average Bonchev–Trinajstić information content (AvgIpc) is 0.874. The van der Waals surface area contributed by atoms with E-state index in [2.05, 4.69) is 15.9 Å². The average molecular weight is 1560 g/mol.